The van der Waals surface area contributed by atoms with E-state index in [9.17, 15) is 0 Å². The monoisotopic (exact) mass is 817 g/mol. The van der Waals surface area contributed by atoms with Crippen molar-refractivity contribution >= 4 is 66.7 Å². The van der Waals surface area contributed by atoms with Crippen molar-refractivity contribution in [3.8, 4) is 5.69 Å². The number of hydrogen-bond donors (Lipinski definition) is 0. The highest BCUT2D eigenvalue weighted by atomic mass is 15.0. The quantitative estimate of drug-likeness (QED) is 0.146. The maximum atomic E-state index is 2.69. The zero-order chi connectivity index (χ0) is 44.6. The highest BCUT2D eigenvalue weighted by molar-refractivity contribution is 6.99. The minimum absolute atomic E-state index is 0.0216. The maximum absolute atomic E-state index is 2.69. The molecule has 1 aliphatic carbocycles. The Hall–Kier alpha value is -4.76. The zero-order valence-electron chi connectivity index (χ0n) is 40.9. The minimum atomic E-state index is -0.282. The van der Waals surface area contributed by atoms with Crippen LogP contribution in [0.4, 0.5) is 0 Å². The molecule has 5 aromatic carbocycles. The van der Waals surface area contributed by atoms with E-state index in [0.717, 1.165) is 6.42 Å². The molecule has 318 valence electrons. The van der Waals surface area contributed by atoms with Gasteiger partial charge in [-0.2, -0.15) is 0 Å². The van der Waals surface area contributed by atoms with Gasteiger partial charge in [0, 0.05) is 49.2 Å². The van der Waals surface area contributed by atoms with Gasteiger partial charge >= 0.3 is 0 Å². The van der Waals surface area contributed by atoms with Gasteiger partial charge in [0.1, 0.15) is 0 Å². The predicted molar refractivity (Wildman–Crippen MR) is 272 cm³/mol. The molecular weight excluding hydrogens is 747 g/mol. The topological polar surface area (TPSA) is 9.86 Å². The molecule has 0 bridgehead atoms. The number of benzene rings is 5. The Bertz CT molecular complexity index is 3130. The summed E-state index contributed by atoms with van der Waals surface area (Å²) in [5.74, 6) is 0. The van der Waals surface area contributed by atoms with E-state index in [0.29, 0.717) is 0 Å². The van der Waals surface area contributed by atoms with Crippen LogP contribution < -0.4 is 16.4 Å². The van der Waals surface area contributed by atoms with Crippen molar-refractivity contribution in [2.75, 3.05) is 0 Å². The molecule has 0 saturated heterocycles. The van der Waals surface area contributed by atoms with Gasteiger partial charge in [-0.1, -0.05) is 172 Å². The first kappa shape index (κ1) is 41.3. The molecule has 2 aromatic heterocycles. The largest absolute Gasteiger partial charge is 0.333 e. The van der Waals surface area contributed by atoms with Gasteiger partial charge in [0.05, 0.1) is 11.6 Å². The number of hydrogen-bond acceptors (Lipinski definition) is 0. The third-order valence-corrected chi connectivity index (χ3v) is 15.2. The molecule has 0 saturated carbocycles. The number of nitrogens with zero attached hydrogens (tertiary/aromatic N) is 2. The van der Waals surface area contributed by atoms with Gasteiger partial charge in [-0.05, 0) is 126 Å². The summed E-state index contributed by atoms with van der Waals surface area (Å²) in [6, 6.07) is 30.4. The summed E-state index contributed by atoms with van der Waals surface area (Å²) in [5.41, 5.74) is 21.0. The number of aromatic nitrogens is 2. The zero-order valence-corrected chi connectivity index (χ0v) is 40.9. The van der Waals surface area contributed by atoms with E-state index in [1.807, 2.05) is 0 Å². The average molecular weight is 817 g/mol. The molecule has 2 nitrogen and oxygen atoms in total. The first-order chi connectivity index (χ1) is 28.7. The molecule has 0 radical (unpaired) electrons. The lowest BCUT2D eigenvalue weighted by atomic mass is 9.30. The third-order valence-electron chi connectivity index (χ3n) is 15.2. The second-order valence-corrected chi connectivity index (χ2v) is 25.1. The van der Waals surface area contributed by atoms with E-state index in [2.05, 4.69) is 218 Å². The highest BCUT2D eigenvalue weighted by Gasteiger charge is 2.47. The van der Waals surface area contributed by atoms with Gasteiger partial charge in [-0.25, -0.2) is 0 Å². The van der Waals surface area contributed by atoms with Gasteiger partial charge in [-0.15, -0.1) is 0 Å². The van der Waals surface area contributed by atoms with Crippen molar-refractivity contribution in [2.24, 2.45) is 5.41 Å². The summed E-state index contributed by atoms with van der Waals surface area (Å²) < 4.78 is 5.37. The lowest BCUT2D eigenvalue weighted by Crippen LogP contribution is -2.63. The highest BCUT2D eigenvalue weighted by Crippen LogP contribution is 2.48. The SMILES string of the molecule is CC(C)(C)C1=CCC(n2c3ccc(C(C)(C)C)cc3c3c4c(ccc32)B2c3c(cc(C(C)(C)C)cc3C4(C)C)-n3c4ccc(C(C)(C)C)cc4c4cc(C(C)(C)C)cc2c43)C=C1. The first-order valence-electron chi connectivity index (χ1n) is 23.5. The van der Waals surface area contributed by atoms with Gasteiger partial charge in [0.25, 0.3) is 0 Å². The molecule has 2 aliphatic heterocycles. The second kappa shape index (κ2) is 12.7. The molecule has 3 aliphatic rings. The van der Waals surface area contributed by atoms with Crippen molar-refractivity contribution < 1.29 is 0 Å². The molecule has 0 spiro atoms. The summed E-state index contributed by atoms with van der Waals surface area (Å²) in [4.78, 5) is 0. The normalized spacial score (nSPS) is 17.7. The summed E-state index contributed by atoms with van der Waals surface area (Å²) in [6.45, 7) is 40.7. The molecule has 0 N–H and O–H groups in total. The Morgan fingerprint density at radius 3 is 1.69 bits per heavy atom. The third kappa shape index (κ3) is 5.88. The van der Waals surface area contributed by atoms with E-state index < -0.39 is 0 Å². The standard InChI is InChI=1S/C59H69BN2/c1-54(2,3)34-18-22-39(23-19-34)61-47-26-21-36(56(7,8)9)29-42(47)50-48(61)27-24-44-51(50)59(16,17)43-31-38(58(13,14)15)33-49-52(43)60(44)45-32-37(57(10,11)12)30-41-40-28-35(55(4,5)6)20-25-46(40)62(49)53(41)45/h18-22,24-33,39H,23H2,1-17H3. The molecule has 1 atom stereocenters. The number of fused-ring (bicyclic) bond motifs is 11. The Labute approximate surface area is 372 Å². The van der Waals surface area contributed by atoms with Crippen LogP contribution in [-0.2, 0) is 27.1 Å². The molecule has 0 amide bonds. The molecule has 4 heterocycles. The summed E-state index contributed by atoms with van der Waals surface area (Å²) in [7, 11) is 0. The molecule has 1 unspecified atom stereocenters. The van der Waals surface area contributed by atoms with Crippen LogP contribution in [0.5, 0.6) is 0 Å². The summed E-state index contributed by atoms with van der Waals surface area (Å²) >= 11 is 0. The lowest BCUT2D eigenvalue weighted by Gasteiger charge is -2.43. The van der Waals surface area contributed by atoms with Crippen LogP contribution in [0.1, 0.15) is 164 Å². The van der Waals surface area contributed by atoms with E-state index in [4.69, 9.17) is 0 Å². The molecule has 62 heavy (non-hydrogen) atoms. The fraction of sp³-hybridized carbons (Fsp3) is 0.424. The van der Waals surface area contributed by atoms with Crippen molar-refractivity contribution in [1.29, 1.82) is 0 Å². The van der Waals surface area contributed by atoms with E-state index in [-0.39, 0.29) is 45.2 Å². The van der Waals surface area contributed by atoms with Crippen LogP contribution in [0.3, 0.4) is 0 Å². The Kier molecular flexibility index (Phi) is 8.46. The number of allylic oxidation sites excluding steroid dienone is 4. The molecule has 10 rings (SSSR count). The fourth-order valence-electron chi connectivity index (χ4n) is 11.5. The second-order valence-electron chi connectivity index (χ2n) is 25.1. The van der Waals surface area contributed by atoms with Crippen LogP contribution >= 0.6 is 0 Å². The predicted octanol–water partition coefficient (Wildman–Crippen LogP) is 14.0. The van der Waals surface area contributed by atoms with Crippen molar-refractivity contribution in [3.63, 3.8) is 0 Å². The fourth-order valence-corrected chi connectivity index (χ4v) is 11.5. The van der Waals surface area contributed by atoms with Gasteiger partial charge in [-0.3, -0.25) is 0 Å². The Balaban J connectivity index is 1.37. The molecular formula is C59H69BN2. The van der Waals surface area contributed by atoms with E-state index in [1.165, 1.54) is 105 Å². The van der Waals surface area contributed by atoms with Gasteiger partial charge in [0.15, 0.2) is 0 Å². The number of rotatable bonds is 1. The molecule has 0 fully saturated rings. The van der Waals surface area contributed by atoms with Crippen LogP contribution in [0.2, 0.25) is 0 Å². The maximum Gasteiger partial charge on any atom is 0.247 e. The van der Waals surface area contributed by atoms with E-state index in [1.54, 1.807) is 0 Å². The van der Waals surface area contributed by atoms with Crippen LogP contribution in [0, 0.1) is 5.41 Å². The van der Waals surface area contributed by atoms with Crippen LogP contribution in [-0.4, -0.2) is 15.8 Å². The van der Waals surface area contributed by atoms with Crippen molar-refractivity contribution in [1.82, 2.24) is 9.13 Å². The van der Waals surface area contributed by atoms with Crippen molar-refractivity contribution in [2.45, 2.75) is 157 Å². The average Bonchev–Trinajstić information content (AvgIpc) is 3.68. The Morgan fingerprint density at radius 1 is 0.548 bits per heavy atom. The van der Waals surface area contributed by atoms with Crippen LogP contribution in [0.25, 0.3) is 49.3 Å². The lowest BCUT2D eigenvalue weighted by molar-refractivity contribution is 0.504. The minimum Gasteiger partial charge on any atom is -0.333 e. The molecule has 7 aromatic rings. The van der Waals surface area contributed by atoms with E-state index >= 15 is 0 Å². The van der Waals surface area contributed by atoms with Crippen molar-refractivity contribution in [3.05, 3.63) is 130 Å². The smallest absolute Gasteiger partial charge is 0.247 e. The van der Waals surface area contributed by atoms with Gasteiger partial charge < -0.3 is 9.13 Å². The molecule has 3 heteroatoms. The van der Waals surface area contributed by atoms with Crippen LogP contribution in [0.15, 0.2) is 96.6 Å². The Morgan fingerprint density at radius 2 is 1.11 bits per heavy atom. The first-order valence-corrected chi connectivity index (χ1v) is 23.5. The summed E-state index contributed by atoms with van der Waals surface area (Å²) in [5, 5.41) is 5.57. The van der Waals surface area contributed by atoms with Gasteiger partial charge in [0.2, 0.25) is 6.71 Å². The summed E-state index contributed by atoms with van der Waals surface area (Å²) in [6.07, 6.45) is 8.38.